The number of carboxylic acids is 1. The maximum atomic E-state index is 11.1. The highest BCUT2D eigenvalue weighted by atomic mass is 16.6. The summed E-state index contributed by atoms with van der Waals surface area (Å²) < 4.78 is 0. The molecule has 1 amide bonds. The molecule has 0 bridgehead atoms. The fourth-order valence-corrected chi connectivity index (χ4v) is 3.27. The number of amides is 1. The molecule has 28 heavy (non-hydrogen) atoms. The van der Waals surface area contributed by atoms with Crippen molar-refractivity contribution in [2.75, 3.05) is 5.32 Å². The number of hydrogen-bond donors (Lipinski definition) is 3. The molecule has 8 nitrogen and oxygen atoms in total. The Kier molecular flexibility index (Phi) is 9.31. The molecular formula is C20H29N3O5. The van der Waals surface area contributed by atoms with E-state index < -0.39 is 16.8 Å². The van der Waals surface area contributed by atoms with Crippen molar-refractivity contribution < 1.29 is 19.6 Å². The number of aliphatic carboxylic acids is 1. The van der Waals surface area contributed by atoms with Crippen molar-refractivity contribution in [3.05, 3.63) is 46.5 Å². The van der Waals surface area contributed by atoms with Gasteiger partial charge in [-0.2, -0.15) is 0 Å². The zero-order valence-corrected chi connectivity index (χ0v) is 16.5. The summed E-state index contributed by atoms with van der Waals surface area (Å²) in [6.45, 7) is 6.90. The minimum Gasteiger partial charge on any atom is -0.478 e. The predicted octanol–water partition coefficient (Wildman–Crippen LogP) is 3.58. The number of carboxylic acid groups (broad SMARTS) is 1. The summed E-state index contributed by atoms with van der Waals surface area (Å²) in [5.74, 6) is 0.564. The van der Waals surface area contributed by atoms with E-state index in [0.29, 0.717) is 17.8 Å². The third-order valence-electron chi connectivity index (χ3n) is 4.80. The van der Waals surface area contributed by atoms with Crippen LogP contribution >= 0.6 is 0 Å². The fraction of sp³-hybridized carbons (Fsp3) is 0.500. The fourth-order valence-electron chi connectivity index (χ4n) is 3.27. The number of benzene rings is 1. The molecule has 1 aliphatic rings. The molecule has 3 unspecified atom stereocenters. The first-order valence-electron chi connectivity index (χ1n) is 9.32. The maximum absolute atomic E-state index is 11.1. The lowest BCUT2D eigenvalue weighted by atomic mass is 9.74. The van der Waals surface area contributed by atoms with Crippen molar-refractivity contribution >= 4 is 23.3 Å². The van der Waals surface area contributed by atoms with Crippen LogP contribution in [0.3, 0.4) is 0 Å². The van der Waals surface area contributed by atoms with E-state index in [0.717, 1.165) is 23.8 Å². The normalized spacial score (nSPS) is 21.7. The number of carbonyl (C=O) groups is 2. The van der Waals surface area contributed by atoms with Crippen LogP contribution in [0.5, 0.6) is 0 Å². The van der Waals surface area contributed by atoms with Gasteiger partial charge in [-0.1, -0.05) is 27.2 Å². The SMILES string of the molecule is CC1CCC(C(C)C)C(N)C1.O=C(O)/C=C/C(=O)Nc1ccc([N+](=O)[O-])cc1. The molecule has 3 atom stereocenters. The van der Waals surface area contributed by atoms with Gasteiger partial charge in [0.25, 0.3) is 5.69 Å². The Hall–Kier alpha value is -2.74. The summed E-state index contributed by atoms with van der Waals surface area (Å²) >= 11 is 0. The number of nitrogens with one attached hydrogen (secondary N) is 1. The smallest absolute Gasteiger partial charge is 0.328 e. The molecular weight excluding hydrogens is 362 g/mol. The first kappa shape index (κ1) is 23.3. The van der Waals surface area contributed by atoms with Gasteiger partial charge in [0.1, 0.15) is 0 Å². The molecule has 1 saturated carbocycles. The third-order valence-corrected chi connectivity index (χ3v) is 4.80. The zero-order chi connectivity index (χ0) is 21.3. The first-order chi connectivity index (χ1) is 13.1. The van der Waals surface area contributed by atoms with Gasteiger partial charge >= 0.3 is 5.97 Å². The highest BCUT2D eigenvalue weighted by Gasteiger charge is 2.27. The largest absolute Gasteiger partial charge is 0.478 e. The molecule has 8 heteroatoms. The van der Waals surface area contributed by atoms with Gasteiger partial charge in [0.05, 0.1) is 4.92 Å². The molecule has 1 aromatic carbocycles. The van der Waals surface area contributed by atoms with Crippen LogP contribution < -0.4 is 11.1 Å². The molecule has 0 aromatic heterocycles. The summed E-state index contributed by atoms with van der Waals surface area (Å²) in [6, 6.07) is 5.64. The number of nitro benzene ring substituents is 1. The van der Waals surface area contributed by atoms with Gasteiger partial charge in [0, 0.05) is 36.0 Å². The predicted molar refractivity (Wildman–Crippen MR) is 108 cm³/mol. The van der Waals surface area contributed by atoms with Crippen molar-refractivity contribution in [2.24, 2.45) is 23.5 Å². The average Bonchev–Trinajstić information content (AvgIpc) is 2.60. The molecule has 1 aromatic rings. The zero-order valence-electron chi connectivity index (χ0n) is 16.5. The summed E-state index contributed by atoms with van der Waals surface area (Å²) in [6.07, 6.45) is 5.52. The van der Waals surface area contributed by atoms with Crippen LogP contribution in [0.4, 0.5) is 11.4 Å². The van der Waals surface area contributed by atoms with Crippen LogP contribution in [0.2, 0.25) is 0 Å². The molecule has 1 aliphatic carbocycles. The lowest BCUT2D eigenvalue weighted by molar-refractivity contribution is -0.384. The van der Waals surface area contributed by atoms with E-state index >= 15 is 0 Å². The number of nitro groups is 1. The van der Waals surface area contributed by atoms with E-state index in [4.69, 9.17) is 10.8 Å². The summed E-state index contributed by atoms with van der Waals surface area (Å²) in [5, 5.41) is 21.0. The number of non-ortho nitro benzene ring substituents is 1. The minimum atomic E-state index is -1.23. The second-order valence-electron chi connectivity index (χ2n) is 7.45. The molecule has 0 spiro atoms. The van der Waals surface area contributed by atoms with Gasteiger partial charge in [0.2, 0.25) is 5.91 Å². The Balaban J connectivity index is 0.000000307. The van der Waals surface area contributed by atoms with E-state index in [2.05, 4.69) is 26.1 Å². The molecule has 0 aliphatic heterocycles. The highest BCUT2D eigenvalue weighted by Crippen LogP contribution is 2.31. The van der Waals surface area contributed by atoms with Crippen LogP contribution in [0.1, 0.15) is 40.0 Å². The number of nitrogens with two attached hydrogens (primary N) is 1. The van der Waals surface area contributed by atoms with Crippen LogP contribution in [-0.2, 0) is 9.59 Å². The Labute approximate surface area is 165 Å². The Morgan fingerprint density at radius 2 is 1.86 bits per heavy atom. The van der Waals surface area contributed by atoms with Crippen molar-refractivity contribution in [1.82, 2.24) is 0 Å². The Morgan fingerprint density at radius 3 is 2.32 bits per heavy atom. The van der Waals surface area contributed by atoms with Gasteiger partial charge in [-0.05, 0) is 42.7 Å². The van der Waals surface area contributed by atoms with Gasteiger partial charge in [-0.3, -0.25) is 14.9 Å². The number of hydrogen-bond acceptors (Lipinski definition) is 5. The van der Waals surface area contributed by atoms with E-state index in [1.54, 1.807) is 0 Å². The highest BCUT2D eigenvalue weighted by molar-refractivity contribution is 6.02. The molecule has 4 N–H and O–H groups in total. The summed E-state index contributed by atoms with van der Waals surface area (Å²) in [7, 11) is 0. The first-order valence-corrected chi connectivity index (χ1v) is 9.32. The van der Waals surface area contributed by atoms with Gasteiger partial charge < -0.3 is 16.2 Å². The number of anilines is 1. The number of nitrogens with zero attached hydrogens (tertiary/aromatic N) is 1. The van der Waals surface area contributed by atoms with Crippen LogP contribution in [-0.4, -0.2) is 27.9 Å². The molecule has 154 valence electrons. The summed E-state index contributed by atoms with van der Waals surface area (Å²) in [4.78, 5) is 31.1. The van der Waals surface area contributed by atoms with Gasteiger partial charge in [0.15, 0.2) is 0 Å². The summed E-state index contributed by atoms with van der Waals surface area (Å²) in [5.41, 5.74) is 6.32. The maximum Gasteiger partial charge on any atom is 0.328 e. The lowest BCUT2D eigenvalue weighted by Crippen LogP contribution is -2.38. The molecule has 0 heterocycles. The minimum absolute atomic E-state index is 0.0934. The second-order valence-corrected chi connectivity index (χ2v) is 7.45. The quantitative estimate of drug-likeness (QED) is 0.399. The van der Waals surface area contributed by atoms with Crippen molar-refractivity contribution in [2.45, 2.75) is 46.1 Å². The second kappa shape index (κ2) is 11.2. The van der Waals surface area contributed by atoms with E-state index in [-0.39, 0.29) is 5.69 Å². The van der Waals surface area contributed by atoms with E-state index in [1.807, 2.05) is 0 Å². The van der Waals surface area contributed by atoms with Gasteiger partial charge in [-0.25, -0.2) is 4.79 Å². The topological polar surface area (TPSA) is 136 Å². The van der Waals surface area contributed by atoms with E-state index in [9.17, 15) is 19.7 Å². The number of carbonyl (C=O) groups excluding carboxylic acids is 1. The standard InChI is InChI=1S/C10H8N2O5.C10H21N/c13-9(5-6-10(14)15)11-7-1-3-8(4-2-7)12(16)17;1-7(2)9-5-4-8(3)6-10(9)11/h1-6H,(H,11,13)(H,14,15);7-10H,4-6,11H2,1-3H3/b6-5+;. The van der Waals surface area contributed by atoms with Crippen LogP contribution in [0.25, 0.3) is 0 Å². The van der Waals surface area contributed by atoms with E-state index in [1.165, 1.54) is 43.5 Å². The molecule has 2 rings (SSSR count). The monoisotopic (exact) mass is 391 g/mol. The third kappa shape index (κ3) is 8.30. The van der Waals surface area contributed by atoms with Crippen molar-refractivity contribution in [3.8, 4) is 0 Å². The molecule has 1 fully saturated rings. The Morgan fingerprint density at radius 1 is 1.25 bits per heavy atom. The van der Waals surface area contributed by atoms with Crippen LogP contribution in [0, 0.1) is 27.9 Å². The molecule has 0 radical (unpaired) electrons. The lowest BCUT2D eigenvalue weighted by Gasteiger charge is -2.34. The van der Waals surface area contributed by atoms with Crippen molar-refractivity contribution in [1.29, 1.82) is 0 Å². The Bertz CT molecular complexity index is 700. The average molecular weight is 391 g/mol. The van der Waals surface area contributed by atoms with Crippen LogP contribution in [0.15, 0.2) is 36.4 Å². The number of rotatable bonds is 5. The molecule has 0 saturated heterocycles. The van der Waals surface area contributed by atoms with Crippen molar-refractivity contribution in [3.63, 3.8) is 0 Å². The van der Waals surface area contributed by atoms with Gasteiger partial charge in [-0.15, -0.1) is 0 Å².